The van der Waals surface area contributed by atoms with Gasteiger partial charge in [-0.1, -0.05) is 6.92 Å². The van der Waals surface area contributed by atoms with Crippen LogP contribution in [-0.2, 0) is 16.6 Å². The van der Waals surface area contributed by atoms with Gasteiger partial charge in [-0.05, 0) is 27.2 Å². The first-order chi connectivity index (χ1) is 8.34. The van der Waals surface area contributed by atoms with Crippen molar-refractivity contribution in [2.24, 2.45) is 0 Å². The van der Waals surface area contributed by atoms with E-state index in [1.54, 1.807) is 6.92 Å². The van der Waals surface area contributed by atoms with Crippen molar-refractivity contribution in [1.82, 2.24) is 4.31 Å². The first-order valence-corrected chi connectivity index (χ1v) is 7.50. The van der Waals surface area contributed by atoms with Gasteiger partial charge in [0, 0.05) is 18.7 Å². The number of sulfonamides is 1. The van der Waals surface area contributed by atoms with E-state index in [0.29, 0.717) is 12.3 Å². The van der Waals surface area contributed by atoms with E-state index in [1.807, 2.05) is 20.8 Å². The molecule has 1 aromatic heterocycles. The van der Waals surface area contributed by atoms with E-state index in [4.69, 9.17) is 9.52 Å². The van der Waals surface area contributed by atoms with Crippen molar-refractivity contribution >= 4 is 10.0 Å². The number of furan rings is 1. The molecule has 6 heteroatoms. The lowest BCUT2D eigenvalue weighted by Crippen LogP contribution is -2.37. The van der Waals surface area contributed by atoms with E-state index in [-0.39, 0.29) is 23.3 Å². The molecule has 0 aliphatic rings. The Bertz CT molecular complexity index is 490. The zero-order valence-electron chi connectivity index (χ0n) is 11.3. The second kappa shape index (κ2) is 5.86. The standard InChI is InChI=1S/C12H21NO4S/c1-5-6-13(9(2)3)18(15,16)12-7-11(8-14)17-10(12)4/h7,9,14H,5-6,8H2,1-4H3. The van der Waals surface area contributed by atoms with Gasteiger partial charge < -0.3 is 9.52 Å². The summed E-state index contributed by atoms with van der Waals surface area (Å²) >= 11 is 0. The highest BCUT2D eigenvalue weighted by molar-refractivity contribution is 7.89. The van der Waals surface area contributed by atoms with Crippen molar-refractivity contribution in [1.29, 1.82) is 0 Å². The maximum atomic E-state index is 12.5. The van der Waals surface area contributed by atoms with Gasteiger partial charge in [-0.3, -0.25) is 0 Å². The molecule has 0 bridgehead atoms. The molecule has 0 spiro atoms. The van der Waals surface area contributed by atoms with Gasteiger partial charge in [0.1, 0.15) is 23.0 Å². The van der Waals surface area contributed by atoms with Gasteiger partial charge in [0.15, 0.2) is 0 Å². The fourth-order valence-corrected chi connectivity index (χ4v) is 3.78. The Labute approximate surface area is 108 Å². The molecule has 0 aliphatic heterocycles. The predicted molar refractivity (Wildman–Crippen MR) is 68.7 cm³/mol. The smallest absolute Gasteiger partial charge is 0.246 e. The molecular formula is C12H21NO4S. The first-order valence-electron chi connectivity index (χ1n) is 6.06. The van der Waals surface area contributed by atoms with E-state index in [2.05, 4.69) is 0 Å². The van der Waals surface area contributed by atoms with Gasteiger partial charge in [0.05, 0.1) is 0 Å². The van der Waals surface area contributed by atoms with Crippen LogP contribution >= 0.6 is 0 Å². The third kappa shape index (κ3) is 2.93. The van der Waals surface area contributed by atoms with Gasteiger partial charge in [-0.25, -0.2) is 8.42 Å². The summed E-state index contributed by atoms with van der Waals surface area (Å²) in [4.78, 5) is 0.147. The summed E-state index contributed by atoms with van der Waals surface area (Å²) in [5.74, 6) is 0.590. The average Bonchev–Trinajstić information content (AvgIpc) is 2.67. The molecule has 0 radical (unpaired) electrons. The molecule has 18 heavy (non-hydrogen) atoms. The number of hydrogen-bond acceptors (Lipinski definition) is 4. The van der Waals surface area contributed by atoms with Crippen LogP contribution in [0.2, 0.25) is 0 Å². The third-order valence-corrected chi connectivity index (χ3v) is 4.87. The highest BCUT2D eigenvalue weighted by atomic mass is 32.2. The number of aliphatic hydroxyl groups is 1. The molecule has 0 unspecified atom stereocenters. The highest BCUT2D eigenvalue weighted by Crippen LogP contribution is 2.25. The number of nitrogens with zero attached hydrogens (tertiary/aromatic N) is 1. The van der Waals surface area contributed by atoms with Gasteiger partial charge in [0.25, 0.3) is 0 Å². The van der Waals surface area contributed by atoms with Crippen LogP contribution in [0.3, 0.4) is 0 Å². The predicted octanol–water partition coefficient (Wildman–Crippen LogP) is 1.89. The largest absolute Gasteiger partial charge is 0.462 e. The van der Waals surface area contributed by atoms with Crippen molar-refractivity contribution in [3.63, 3.8) is 0 Å². The summed E-state index contributed by atoms with van der Waals surface area (Å²) in [7, 11) is -3.55. The molecule has 1 aromatic rings. The van der Waals surface area contributed by atoms with Crippen molar-refractivity contribution in [2.45, 2.75) is 51.7 Å². The molecular weight excluding hydrogens is 254 g/mol. The summed E-state index contributed by atoms with van der Waals surface area (Å²) in [6, 6.07) is 1.29. The molecule has 0 saturated carbocycles. The minimum Gasteiger partial charge on any atom is -0.462 e. The molecule has 0 atom stereocenters. The van der Waals surface area contributed by atoms with E-state index >= 15 is 0 Å². The molecule has 0 saturated heterocycles. The topological polar surface area (TPSA) is 70.8 Å². The second-order valence-electron chi connectivity index (χ2n) is 4.50. The highest BCUT2D eigenvalue weighted by Gasteiger charge is 2.29. The second-order valence-corrected chi connectivity index (χ2v) is 6.36. The molecule has 1 rings (SSSR count). The molecule has 5 nitrogen and oxygen atoms in total. The number of aryl methyl sites for hydroxylation is 1. The van der Waals surface area contributed by atoms with E-state index in [0.717, 1.165) is 6.42 Å². The van der Waals surface area contributed by atoms with E-state index in [1.165, 1.54) is 10.4 Å². The summed E-state index contributed by atoms with van der Waals surface area (Å²) in [5.41, 5.74) is 0. The van der Waals surface area contributed by atoms with Gasteiger partial charge >= 0.3 is 0 Å². The third-order valence-electron chi connectivity index (χ3n) is 2.69. The fraction of sp³-hybridized carbons (Fsp3) is 0.667. The van der Waals surface area contributed by atoms with Crippen LogP contribution in [0, 0.1) is 6.92 Å². The Kier molecular flexibility index (Phi) is 4.95. The average molecular weight is 275 g/mol. The maximum Gasteiger partial charge on any atom is 0.246 e. The van der Waals surface area contributed by atoms with Crippen LogP contribution in [0.15, 0.2) is 15.4 Å². The molecule has 0 fully saturated rings. The van der Waals surface area contributed by atoms with Crippen molar-refractivity contribution in [2.75, 3.05) is 6.54 Å². The van der Waals surface area contributed by atoms with Gasteiger partial charge in [-0.15, -0.1) is 0 Å². The van der Waals surface area contributed by atoms with Crippen LogP contribution in [0.25, 0.3) is 0 Å². The molecule has 1 N–H and O–H groups in total. The fourth-order valence-electron chi connectivity index (χ4n) is 1.86. The van der Waals surface area contributed by atoms with Crippen LogP contribution in [0.1, 0.15) is 38.7 Å². The summed E-state index contributed by atoms with van der Waals surface area (Å²) in [6.07, 6.45) is 0.751. The molecule has 0 amide bonds. The van der Waals surface area contributed by atoms with E-state index in [9.17, 15) is 8.42 Å². The normalized spacial score (nSPS) is 12.6. The van der Waals surface area contributed by atoms with Gasteiger partial charge in [0.2, 0.25) is 10.0 Å². The van der Waals surface area contributed by atoms with Crippen LogP contribution in [0.5, 0.6) is 0 Å². The van der Waals surface area contributed by atoms with Crippen molar-refractivity contribution in [3.05, 3.63) is 17.6 Å². The number of hydrogen-bond donors (Lipinski definition) is 1. The number of aliphatic hydroxyl groups excluding tert-OH is 1. The van der Waals surface area contributed by atoms with Crippen molar-refractivity contribution < 1.29 is 17.9 Å². The first kappa shape index (κ1) is 15.2. The van der Waals surface area contributed by atoms with Gasteiger partial charge in [-0.2, -0.15) is 4.31 Å². The minimum absolute atomic E-state index is 0.109. The number of rotatable bonds is 6. The lowest BCUT2D eigenvalue weighted by Gasteiger charge is -2.24. The van der Waals surface area contributed by atoms with Crippen molar-refractivity contribution in [3.8, 4) is 0 Å². The summed E-state index contributed by atoms with van der Waals surface area (Å²) in [5, 5.41) is 8.99. The Morgan fingerprint density at radius 3 is 2.44 bits per heavy atom. The minimum atomic E-state index is -3.55. The lowest BCUT2D eigenvalue weighted by molar-refractivity contribution is 0.244. The Balaban J connectivity index is 3.21. The summed E-state index contributed by atoms with van der Waals surface area (Å²) < 4.78 is 31.6. The van der Waals surface area contributed by atoms with Crippen LogP contribution in [-0.4, -0.2) is 30.4 Å². The SMILES string of the molecule is CCCN(C(C)C)S(=O)(=O)c1cc(CO)oc1C. The Morgan fingerprint density at radius 1 is 1.44 bits per heavy atom. The Morgan fingerprint density at radius 2 is 2.06 bits per heavy atom. The van der Waals surface area contributed by atoms with Crippen LogP contribution < -0.4 is 0 Å². The quantitative estimate of drug-likeness (QED) is 0.860. The summed E-state index contributed by atoms with van der Waals surface area (Å²) in [6.45, 7) is 7.39. The molecule has 104 valence electrons. The monoisotopic (exact) mass is 275 g/mol. The zero-order valence-corrected chi connectivity index (χ0v) is 12.1. The molecule has 0 aromatic carbocycles. The maximum absolute atomic E-state index is 12.5. The lowest BCUT2D eigenvalue weighted by atomic mass is 10.4. The van der Waals surface area contributed by atoms with E-state index < -0.39 is 10.0 Å². The molecule has 1 heterocycles. The Hall–Kier alpha value is -0.850. The van der Waals surface area contributed by atoms with Crippen LogP contribution in [0.4, 0.5) is 0 Å². The molecule has 0 aliphatic carbocycles. The zero-order chi connectivity index (χ0) is 13.9.